The summed E-state index contributed by atoms with van der Waals surface area (Å²) in [4.78, 5) is 17.1. The normalized spacial score (nSPS) is 10.9. The van der Waals surface area contributed by atoms with Crippen molar-refractivity contribution in [3.05, 3.63) is 71.5 Å². The number of thioether (sulfide) groups is 1. The van der Waals surface area contributed by atoms with Gasteiger partial charge in [0.15, 0.2) is 17.1 Å². The molecule has 0 aliphatic rings. The maximum atomic E-state index is 12.5. The first-order valence-corrected chi connectivity index (χ1v) is 11.5. The molecular weight excluding hydrogens is 436 g/mol. The van der Waals surface area contributed by atoms with Gasteiger partial charge in [-0.25, -0.2) is 9.50 Å². The van der Waals surface area contributed by atoms with Crippen LogP contribution in [0, 0.1) is 13.8 Å². The summed E-state index contributed by atoms with van der Waals surface area (Å²) < 4.78 is 12.6. The lowest BCUT2D eigenvalue weighted by Gasteiger charge is -2.10. The molecule has 0 atom stereocenters. The van der Waals surface area contributed by atoms with Gasteiger partial charge in [-0.3, -0.25) is 4.79 Å². The van der Waals surface area contributed by atoms with E-state index in [0.717, 1.165) is 33.1 Å². The van der Waals surface area contributed by atoms with Crippen molar-refractivity contribution in [1.29, 1.82) is 0 Å². The standard InChI is InChI=1S/C25H26N4O3S/c1-16-6-5-7-18(10-16)13-26-23(30)15-33-24-11-17(2)28-25-20(14-27-29(24)25)19-8-9-21(31-3)22(12-19)32-4/h5-12,14H,13,15H2,1-4H3,(H,26,30). The highest BCUT2D eigenvalue weighted by Crippen LogP contribution is 2.34. The molecule has 170 valence electrons. The zero-order valence-electron chi connectivity index (χ0n) is 19.1. The van der Waals surface area contributed by atoms with Crippen molar-refractivity contribution >= 4 is 23.3 Å². The molecule has 2 aromatic heterocycles. The molecular formula is C25H26N4O3S. The number of aryl methyl sites for hydroxylation is 2. The zero-order chi connectivity index (χ0) is 23.4. The van der Waals surface area contributed by atoms with Gasteiger partial charge < -0.3 is 14.8 Å². The number of methoxy groups -OCH3 is 2. The van der Waals surface area contributed by atoms with Gasteiger partial charge in [0.05, 0.1) is 26.2 Å². The average Bonchev–Trinajstić information content (AvgIpc) is 3.24. The highest BCUT2D eigenvalue weighted by molar-refractivity contribution is 7.99. The van der Waals surface area contributed by atoms with Crippen molar-refractivity contribution in [3.63, 3.8) is 0 Å². The Morgan fingerprint density at radius 2 is 1.88 bits per heavy atom. The zero-order valence-corrected chi connectivity index (χ0v) is 19.9. The molecule has 0 aliphatic carbocycles. The molecule has 2 heterocycles. The van der Waals surface area contributed by atoms with E-state index in [-0.39, 0.29) is 11.7 Å². The molecule has 7 nitrogen and oxygen atoms in total. The Bertz CT molecular complexity index is 1300. The molecule has 4 aromatic rings. The summed E-state index contributed by atoms with van der Waals surface area (Å²) in [6, 6.07) is 15.8. The number of benzene rings is 2. The molecule has 0 saturated heterocycles. The maximum Gasteiger partial charge on any atom is 0.230 e. The number of rotatable bonds is 8. The number of nitrogens with zero attached hydrogens (tertiary/aromatic N) is 3. The fourth-order valence-corrected chi connectivity index (χ4v) is 4.46. The highest BCUT2D eigenvalue weighted by Gasteiger charge is 2.15. The van der Waals surface area contributed by atoms with Crippen LogP contribution in [0.1, 0.15) is 16.8 Å². The third-order valence-corrected chi connectivity index (χ3v) is 6.18. The number of amides is 1. The predicted octanol–water partition coefficient (Wildman–Crippen LogP) is 4.44. The lowest BCUT2D eigenvalue weighted by molar-refractivity contribution is -0.118. The molecule has 0 fully saturated rings. The van der Waals surface area contributed by atoms with Crippen LogP contribution in [0.15, 0.2) is 59.8 Å². The monoisotopic (exact) mass is 462 g/mol. The molecule has 33 heavy (non-hydrogen) atoms. The first-order valence-electron chi connectivity index (χ1n) is 10.5. The van der Waals surface area contributed by atoms with E-state index >= 15 is 0 Å². The van der Waals surface area contributed by atoms with Crippen molar-refractivity contribution in [3.8, 4) is 22.6 Å². The Morgan fingerprint density at radius 3 is 2.64 bits per heavy atom. The van der Waals surface area contributed by atoms with Gasteiger partial charge in [0, 0.05) is 17.8 Å². The minimum absolute atomic E-state index is 0.0311. The second kappa shape index (κ2) is 9.95. The van der Waals surface area contributed by atoms with E-state index in [1.54, 1.807) is 24.9 Å². The third kappa shape index (κ3) is 5.12. The number of aromatic nitrogens is 3. The van der Waals surface area contributed by atoms with Crippen molar-refractivity contribution in [2.75, 3.05) is 20.0 Å². The van der Waals surface area contributed by atoms with Gasteiger partial charge in [0.1, 0.15) is 5.03 Å². The average molecular weight is 463 g/mol. The van der Waals surface area contributed by atoms with Gasteiger partial charge in [0.2, 0.25) is 5.91 Å². The van der Waals surface area contributed by atoms with E-state index in [1.165, 1.54) is 17.3 Å². The van der Waals surface area contributed by atoms with Crippen molar-refractivity contribution in [2.45, 2.75) is 25.4 Å². The highest BCUT2D eigenvalue weighted by atomic mass is 32.2. The topological polar surface area (TPSA) is 77.8 Å². The number of carbonyl (C=O) groups is 1. The van der Waals surface area contributed by atoms with Gasteiger partial charge in [-0.1, -0.05) is 47.7 Å². The quantitative estimate of drug-likeness (QED) is 0.308. The van der Waals surface area contributed by atoms with E-state index in [2.05, 4.69) is 16.5 Å². The molecule has 4 rings (SSSR count). The molecule has 0 spiro atoms. The first kappa shape index (κ1) is 22.7. The summed E-state index contributed by atoms with van der Waals surface area (Å²) in [6.45, 7) is 4.49. The van der Waals surface area contributed by atoms with Crippen LogP contribution in [0.4, 0.5) is 0 Å². The van der Waals surface area contributed by atoms with Crippen LogP contribution < -0.4 is 14.8 Å². The molecule has 1 amide bonds. The van der Waals surface area contributed by atoms with Crippen LogP contribution in [-0.4, -0.2) is 40.5 Å². The lowest BCUT2D eigenvalue weighted by Crippen LogP contribution is -2.24. The maximum absolute atomic E-state index is 12.5. The van der Waals surface area contributed by atoms with Gasteiger partial charge in [-0.15, -0.1) is 0 Å². The molecule has 0 radical (unpaired) electrons. The Kier molecular flexibility index (Phi) is 6.84. The van der Waals surface area contributed by atoms with E-state index < -0.39 is 0 Å². The van der Waals surface area contributed by atoms with E-state index in [4.69, 9.17) is 14.5 Å². The van der Waals surface area contributed by atoms with Gasteiger partial charge in [0.25, 0.3) is 0 Å². The fraction of sp³-hybridized carbons (Fsp3) is 0.240. The molecule has 0 aliphatic heterocycles. The second-order valence-electron chi connectivity index (χ2n) is 7.65. The van der Waals surface area contributed by atoms with Crippen LogP contribution in [0.5, 0.6) is 11.5 Å². The van der Waals surface area contributed by atoms with Crippen molar-refractivity contribution < 1.29 is 14.3 Å². The smallest absolute Gasteiger partial charge is 0.230 e. The minimum Gasteiger partial charge on any atom is -0.493 e. The number of hydrogen-bond donors (Lipinski definition) is 1. The first-order chi connectivity index (χ1) is 16.0. The molecule has 0 unspecified atom stereocenters. The number of ether oxygens (including phenoxy) is 2. The van der Waals surface area contributed by atoms with E-state index in [9.17, 15) is 4.79 Å². The Hall–Kier alpha value is -3.52. The molecule has 0 bridgehead atoms. The Balaban J connectivity index is 1.52. The van der Waals surface area contributed by atoms with Gasteiger partial charge in [-0.05, 0) is 43.2 Å². The molecule has 0 saturated carbocycles. The van der Waals surface area contributed by atoms with Crippen LogP contribution >= 0.6 is 11.8 Å². The third-order valence-electron chi connectivity index (χ3n) is 5.19. The lowest BCUT2D eigenvalue weighted by atomic mass is 10.1. The second-order valence-corrected chi connectivity index (χ2v) is 8.65. The van der Waals surface area contributed by atoms with Crippen molar-refractivity contribution in [1.82, 2.24) is 19.9 Å². The molecule has 8 heteroatoms. The SMILES string of the molecule is COc1ccc(-c2cnn3c(SCC(=O)NCc4cccc(C)c4)cc(C)nc23)cc1OC. The number of fused-ring (bicyclic) bond motifs is 1. The van der Waals surface area contributed by atoms with Crippen LogP contribution in [-0.2, 0) is 11.3 Å². The summed E-state index contributed by atoms with van der Waals surface area (Å²) in [5.41, 5.74) is 5.65. The van der Waals surface area contributed by atoms with Gasteiger partial charge in [-0.2, -0.15) is 5.10 Å². The fourth-order valence-electron chi connectivity index (χ4n) is 3.57. The Morgan fingerprint density at radius 1 is 1.06 bits per heavy atom. The Labute approximate surface area is 197 Å². The number of hydrogen-bond acceptors (Lipinski definition) is 6. The molecule has 1 N–H and O–H groups in total. The van der Waals surface area contributed by atoms with Crippen molar-refractivity contribution in [2.24, 2.45) is 0 Å². The van der Waals surface area contributed by atoms with Crippen LogP contribution in [0.3, 0.4) is 0 Å². The van der Waals surface area contributed by atoms with Crippen LogP contribution in [0.25, 0.3) is 16.8 Å². The van der Waals surface area contributed by atoms with E-state index in [1.807, 2.05) is 56.3 Å². The van der Waals surface area contributed by atoms with Gasteiger partial charge >= 0.3 is 0 Å². The number of nitrogens with one attached hydrogen (secondary N) is 1. The van der Waals surface area contributed by atoms with E-state index in [0.29, 0.717) is 18.0 Å². The minimum atomic E-state index is -0.0311. The summed E-state index contributed by atoms with van der Waals surface area (Å²) in [7, 11) is 3.22. The number of carbonyl (C=O) groups excluding carboxylic acids is 1. The summed E-state index contributed by atoms with van der Waals surface area (Å²) in [5.74, 6) is 1.56. The predicted molar refractivity (Wildman–Crippen MR) is 130 cm³/mol. The summed E-state index contributed by atoms with van der Waals surface area (Å²) >= 11 is 1.44. The summed E-state index contributed by atoms with van der Waals surface area (Å²) in [5, 5.41) is 8.38. The summed E-state index contributed by atoms with van der Waals surface area (Å²) in [6.07, 6.45) is 1.78. The molecule has 2 aromatic carbocycles. The largest absolute Gasteiger partial charge is 0.493 e. The van der Waals surface area contributed by atoms with Crippen LogP contribution in [0.2, 0.25) is 0 Å².